The molecule has 0 aliphatic heterocycles. The lowest BCUT2D eigenvalue weighted by molar-refractivity contribution is -0.763. The minimum absolute atomic E-state index is 0.0918. The average Bonchev–Trinajstić information content (AvgIpc) is 2.85. The molecule has 0 aliphatic carbocycles. The number of rotatable bonds is 12. The monoisotopic (exact) mass is 480 g/mol. The fraction of sp³-hybridized carbons (Fsp3) is 0.308. The smallest absolute Gasteiger partial charge is 0.310 e. The van der Waals surface area contributed by atoms with Gasteiger partial charge in [0, 0.05) is 13.6 Å². The Kier molecular flexibility index (Phi) is 8.61. The molecule has 184 valence electrons. The van der Waals surface area contributed by atoms with Gasteiger partial charge in [-0.25, -0.2) is 0 Å². The normalized spacial score (nSPS) is 11.6. The number of carboxylic acid groups (broad SMARTS) is 1. The fourth-order valence-electron chi connectivity index (χ4n) is 3.87. The van der Waals surface area contributed by atoms with Crippen molar-refractivity contribution in [2.75, 3.05) is 20.7 Å². The van der Waals surface area contributed by atoms with E-state index in [2.05, 4.69) is 4.84 Å². The number of carbonyl (C=O) groups excluding carboxylic acids is 1. The summed E-state index contributed by atoms with van der Waals surface area (Å²) in [5.74, 6) is -0.912. The van der Waals surface area contributed by atoms with Crippen LogP contribution in [0.4, 0.5) is 0 Å². The van der Waals surface area contributed by atoms with Crippen molar-refractivity contribution in [3.63, 3.8) is 0 Å². The van der Waals surface area contributed by atoms with Crippen LogP contribution in [0, 0.1) is 10.1 Å². The zero-order valence-corrected chi connectivity index (χ0v) is 19.7. The van der Waals surface area contributed by atoms with Gasteiger partial charge in [-0.2, -0.15) is 0 Å². The number of fused-ring (bicyclic) bond motifs is 1. The highest BCUT2D eigenvalue weighted by Gasteiger charge is 2.21. The van der Waals surface area contributed by atoms with Gasteiger partial charge in [0.2, 0.25) is 5.91 Å². The van der Waals surface area contributed by atoms with Crippen molar-refractivity contribution in [2.24, 2.45) is 0 Å². The lowest BCUT2D eigenvalue weighted by Gasteiger charge is -2.19. The standard InChI is InChI=1S/C26H28N2O7/c1-27(25(29)14-18-5-7-19(8-6-18)17-35-28(32)33)13-3-4-24(26(30)31)22-10-9-21-16-23(34-2)12-11-20(21)15-22/h5-12,15-16,24H,3-4,13-14,17H2,1-2H3,(H,30,31)/t24-/m0/s1. The van der Waals surface area contributed by atoms with Crippen LogP contribution in [0.25, 0.3) is 10.8 Å². The third-order valence-electron chi connectivity index (χ3n) is 5.90. The van der Waals surface area contributed by atoms with Gasteiger partial charge in [0.05, 0.1) is 19.4 Å². The average molecular weight is 481 g/mol. The van der Waals surface area contributed by atoms with Gasteiger partial charge < -0.3 is 19.6 Å². The van der Waals surface area contributed by atoms with Gasteiger partial charge >= 0.3 is 5.97 Å². The van der Waals surface area contributed by atoms with E-state index in [4.69, 9.17) is 4.74 Å². The predicted octanol–water partition coefficient (Wildman–Crippen LogP) is 4.21. The molecule has 3 aromatic carbocycles. The molecule has 35 heavy (non-hydrogen) atoms. The molecule has 0 radical (unpaired) electrons. The molecule has 0 saturated heterocycles. The van der Waals surface area contributed by atoms with Gasteiger partial charge in [-0.1, -0.05) is 48.5 Å². The number of ether oxygens (including phenoxy) is 1. The Morgan fingerprint density at radius 1 is 1.03 bits per heavy atom. The second-order valence-electron chi connectivity index (χ2n) is 8.31. The van der Waals surface area contributed by atoms with Gasteiger partial charge in [0.1, 0.15) is 12.4 Å². The van der Waals surface area contributed by atoms with Crippen molar-refractivity contribution in [3.05, 3.63) is 87.5 Å². The number of hydrogen-bond acceptors (Lipinski definition) is 6. The number of benzene rings is 3. The van der Waals surface area contributed by atoms with Crippen molar-refractivity contribution in [1.29, 1.82) is 0 Å². The summed E-state index contributed by atoms with van der Waals surface area (Å²) in [5, 5.41) is 21.1. The number of nitrogens with zero attached hydrogens (tertiary/aromatic N) is 2. The van der Waals surface area contributed by atoms with Crippen LogP contribution in [-0.2, 0) is 27.5 Å². The maximum atomic E-state index is 12.6. The number of amides is 1. The van der Waals surface area contributed by atoms with Crippen molar-refractivity contribution in [1.82, 2.24) is 4.90 Å². The summed E-state index contributed by atoms with van der Waals surface area (Å²) in [6.45, 7) is 0.291. The minimum Gasteiger partial charge on any atom is -0.497 e. The van der Waals surface area contributed by atoms with E-state index in [0.717, 1.165) is 27.6 Å². The molecular weight excluding hydrogens is 452 g/mol. The van der Waals surface area contributed by atoms with Crippen molar-refractivity contribution in [3.8, 4) is 5.75 Å². The highest BCUT2D eigenvalue weighted by Crippen LogP contribution is 2.28. The van der Waals surface area contributed by atoms with Crippen LogP contribution in [0.2, 0.25) is 0 Å². The van der Waals surface area contributed by atoms with Crippen LogP contribution in [-0.4, -0.2) is 47.7 Å². The summed E-state index contributed by atoms with van der Waals surface area (Å²) >= 11 is 0. The summed E-state index contributed by atoms with van der Waals surface area (Å²) < 4.78 is 5.24. The molecule has 0 bridgehead atoms. The molecule has 9 nitrogen and oxygen atoms in total. The van der Waals surface area contributed by atoms with E-state index in [0.29, 0.717) is 24.9 Å². The molecule has 0 fully saturated rings. The molecule has 1 N–H and O–H groups in total. The Morgan fingerprint density at radius 3 is 2.34 bits per heavy atom. The molecule has 0 heterocycles. The van der Waals surface area contributed by atoms with E-state index < -0.39 is 17.0 Å². The zero-order chi connectivity index (χ0) is 25.4. The van der Waals surface area contributed by atoms with E-state index in [-0.39, 0.29) is 18.9 Å². The molecule has 9 heteroatoms. The summed E-state index contributed by atoms with van der Waals surface area (Å²) in [6, 6.07) is 18.1. The number of hydrogen-bond donors (Lipinski definition) is 1. The predicted molar refractivity (Wildman–Crippen MR) is 130 cm³/mol. The number of likely N-dealkylation sites (N-methyl/N-ethyl adjacent to an activating group) is 1. The number of carboxylic acids is 1. The topological polar surface area (TPSA) is 119 Å². The number of aliphatic carboxylic acids is 1. The van der Waals surface area contributed by atoms with Crippen LogP contribution < -0.4 is 4.74 Å². The first-order valence-corrected chi connectivity index (χ1v) is 11.2. The molecule has 0 aliphatic rings. The molecule has 3 aromatic rings. The molecular formula is C26H28N2O7. The minimum atomic E-state index is -0.895. The summed E-state index contributed by atoms with van der Waals surface area (Å²) in [4.78, 5) is 40.7. The van der Waals surface area contributed by atoms with E-state index in [9.17, 15) is 24.8 Å². The lowest BCUT2D eigenvalue weighted by Crippen LogP contribution is -2.29. The molecule has 3 rings (SSSR count). The first-order valence-electron chi connectivity index (χ1n) is 11.2. The van der Waals surface area contributed by atoms with Crippen LogP contribution in [0.5, 0.6) is 5.75 Å². The van der Waals surface area contributed by atoms with Gasteiger partial charge in [0.15, 0.2) is 0 Å². The quantitative estimate of drug-likeness (QED) is 0.305. The van der Waals surface area contributed by atoms with Gasteiger partial charge in [-0.3, -0.25) is 9.59 Å². The largest absolute Gasteiger partial charge is 0.497 e. The summed E-state index contributed by atoms with van der Waals surface area (Å²) in [5.41, 5.74) is 2.15. The van der Waals surface area contributed by atoms with Crippen molar-refractivity contribution < 1.29 is 29.4 Å². The molecule has 0 spiro atoms. The second kappa shape index (κ2) is 11.8. The van der Waals surface area contributed by atoms with Crippen LogP contribution in [0.15, 0.2) is 60.7 Å². The van der Waals surface area contributed by atoms with Crippen LogP contribution in [0.3, 0.4) is 0 Å². The van der Waals surface area contributed by atoms with E-state index in [1.54, 1.807) is 43.3 Å². The Hall–Kier alpha value is -4.14. The van der Waals surface area contributed by atoms with E-state index >= 15 is 0 Å². The summed E-state index contributed by atoms with van der Waals surface area (Å²) in [6.07, 6.45) is 1.13. The maximum absolute atomic E-state index is 12.6. The lowest BCUT2D eigenvalue weighted by atomic mass is 9.92. The first-order chi connectivity index (χ1) is 16.8. The number of carbonyl (C=O) groups is 2. The molecule has 1 atom stereocenters. The van der Waals surface area contributed by atoms with E-state index in [1.165, 1.54) is 0 Å². The zero-order valence-electron chi connectivity index (χ0n) is 19.7. The van der Waals surface area contributed by atoms with Gasteiger partial charge in [0.25, 0.3) is 5.09 Å². The van der Waals surface area contributed by atoms with Crippen molar-refractivity contribution >= 4 is 22.6 Å². The SMILES string of the molecule is COc1ccc2cc([C@H](CCCN(C)C(=O)Cc3ccc(CO[N+](=O)[O-])cc3)C(=O)O)ccc2c1. The Morgan fingerprint density at radius 2 is 1.69 bits per heavy atom. The highest BCUT2D eigenvalue weighted by atomic mass is 16.9. The highest BCUT2D eigenvalue weighted by molar-refractivity contribution is 5.86. The van der Waals surface area contributed by atoms with Gasteiger partial charge in [-0.15, -0.1) is 10.1 Å². The van der Waals surface area contributed by atoms with Crippen LogP contribution >= 0.6 is 0 Å². The third kappa shape index (κ3) is 7.17. The van der Waals surface area contributed by atoms with Crippen molar-refractivity contribution in [2.45, 2.75) is 31.8 Å². The fourth-order valence-corrected chi connectivity index (χ4v) is 3.87. The number of methoxy groups -OCH3 is 1. The molecule has 1 amide bonds. The summed E-state index contributed by atoms with van der Waals surface area (Å²) in [7, 11) is 3.30. The molecule has 0 unspecified atom stereocenters. The van der Waals surface area contributed by atoms with Crippen LogP contribution in [0.1, 0.15) is 35.4 Å². The Bertz CT molecular complexity index is 1190. The Labute approximate surface area is 203 Å². The molecule has 0 aromatic heterocycles. The first kappa shape index (κ1) is 25.5. The Balaban J connectivity index is 1.54. The third-order valence-corrected chi connectivity index (χ3v) is 5.90. The van der Waals surface area contributed by atoms with Gasteiger partial charge in [-0.05, 0) is 52.4 Å². The maximum Gasteiger partial charge on any atom is 0.310 e. The molecule has 0 saturated carbocycles. The second-order valence-corrected chi connectivity index (χ2v) is 8.31. The van der Waals surface area contributed by atoms with E-state index in [1.807, 2.05) is 36.4 Å².